The molecule has 0 unspecified atom stereocenters. The summed E-state index contributed by atoms with van der Waals surface area (Å²) < 4.78 is 31.7. The Labute approximate surface area is 143 Å². The summed E-state index contributed by atoms with van der Waals surface area (Å²) in [6.07, 6.45) is 5.22. The van der Waals surface area contributed by atoms with Gasteiger partial charge in [0.15, 0.2) is 5.96 Å². The quantitative estimate of drug-likeness (QED) is 0.257. The number of guanidine groups is 1. The molecule has 1 aromatic rings. The second kappa shape index (κ2) is 10.6. The lowest BCUT2D eigenvalue weighted by Gasteiger charge is -2.10. The van der Waals surface area contributed by atoms with Gasteiger partial charge in [0.2, 0.25) is 10.0 Å². The summed E-state index contributed by atoms with van der Waals surface area (Å²) in [6.45, 7) is 3.89. The molecule has 0 aromatic heterocycles. The van der Waals surface area contributed by atoms with Crippen molar-refractivity contribution in [1.29, 1.82) is 0 Å². The fourth-order valence-electron chi connectivity index (χ4n) is 1.82. The van der Waals surface area contributed by atoms with Gasteiger partial charge in [0.05, 0.1) is 24.6 Å². The molecule has 7 nitrogen and oxygen atoms in total. The average Bonchev–Trinajstić information content (AvgIpc) is 2.58. The van der Waals surface area contributed by atoms with E-state index in [9.17, 15) is 8.42 Å². The van der Waals surface area contributed by atoms with Crippen molar-refractivity contribution in [2.75, 3.05) is 33.4 Å². The maximum atomic E-state index is 12.2. The van der Waals surface area contributed by atoms with E-state index >= 15 is 0 Å². The third kappa shape index (κ3) is 7.00. The lowest BCUT2D eigenvalue weighted by molar-refractivity contribution is 0.204. The Morgan fingerprint density at radius 3 is 2.83 bits per heavy atom. The van der Waals surface area contributed by atoms with Crippen molar-refractivity contribution in [3.05, 3.63) is 29.8 Å². The largest absolute Gasteiger partial charge is 0.383 e. The number of ether oxygens (including phenoxy) is 1. The van der Waals surface area contributed by atoms with Crippen molar-refractivity contribution in [3.63, 3.8) is 0 Å². The first-order valence-electron chi connectivity index (χ1n) is 7.56. The van der Waals surface area contributed by atoms with Crippen molar-refractivity contribution in [2.45, 2.75) is 18.4 Å². The van der Waals surface area contributed by atoms with Crippen LogP contribution >= 0.6 is 0 Å². The van der Waals surface area contributed by atoms with Crippen LogP contribution < -0.4 is 15.4 Å². The number of rotatable bonds is 9. The van der Waals surface area contributed by atoms with Crippen LogP contribution in [0.3, 0.4) is 0 Å². The maximum Gasteiger partial charge on any atom is 0.240 e. The highest BCUT2D eigenvalue weighted by Crippen LogP contribution is 2.12. The number of aliphatic imine (C=N–C) groups is 1. The normalized spacial score (nSPS) is 11.8. The minimum absolute atomic E-state index is 0.202. The van der Waals surface area contributed by atoms with Gasteiger partial charge in [0, 0.05) is 20.2 Å². The first kappa shape index (κ1) is 20.0. The van der Waals surface area contributed by atoms with Crippen LogP contribution in [0.1, 0.15) is 12.5 Å². The second-order valence-electron chi connectivity index (χ2n) is 4.79. The van der Waals surface area contributed by atoms with Gasteiger partial charge in [0.25, 0.3) is 0 Å². The zero-order valence-electron chi connectivity index (χ0n) is 14.0. The van der Waals surface area contributed by atoms with Gasteiger partial charge in [-0.25, -0.2) is 18.1 Å². The SMILES string of the molecule is C#CCNC(=NCc1cccc(S(=O)(=O)NCCOC)c1)NCC. The van der Waals surface area contributed by atoms with Crippen molar-refractivity contribution >= 4 is 16.0 Å². The van der Waals surface area contributed by atoms with Gasteiger partial charge >= 0.3 is 0 Å². The Morgan fingerprint density at radius 1 is 1.38 bits per heavy atom. The molecule has 0 saturated heterocycles. The Bertz CT molecular complexity index is 681. The first-order valence-corrected chi connectivity index (χ1v) is 9.05. The molecule has 1 aromatic carbocycles. The smallest absolute Gasteiger partial charge is 0.240 e. The summed E-state index contributed by atoms with van der Waals surface area (Å²) in [7, 11) is -2.04. The molecule has 0 aliphatic carbocycles. The van der Waals surface area contributed by atoms with Crippen molar-refractivity contribution < 1.29 is 13.2 Å². The summed E-state index contributed by atoms with van der Waals surface area (Å²) in [4.78, 5) is 4.59. The summed E-state index contributed by atoms with van der Waals surface area (Å²) in [5.41, 5.74) is 0.780. The second-order valence-corrected chi connectivity index (χ2v) is 6.56. The number of nitrogens with zero attached hydrogens (tertiary/aromatic N) is 1. The van der Waals surface area contributed by atoms with Crippen LogP contribution in [0.5, 0.6) is 0 Å². The molecule has 0 aliphatic rings. The summed E-state index contributed by atoms with van der Waals surface area (Å²) >= 11 is 0. The fraction of sp³-hybridized carbons (Fsp3) is 0.438. The highest BCUT2D eigenvalue weighted by Gasteiger charge is 2.13. The number of sulfonamides is 1. The number of hydrogen-bond donors (Lipinski definition) is 3. The Hall–Kier alpha value is -2.08. The van der Waals surface area contributed by atoms with Gasteiger partial charge in [-0.1, -0.05) is 18.1 Å². The zero-order chi connectivity index (χ0) is 17.8. The van der Waals surface area contributed by atoms with E-state index in [0.717, 1.165) is 5.56 Å². The molecule has 0 bridgehead atoms. The number of hydrogen-bond acceptors (Lipinski definition) is 4. The van der Waals surface area contributed by atoms with Gasteiger partial charge in [-0.05, 0) is 24.6 Å². The Balaban J connectivity index is 2.82. The van der Waals surface area contributed by atoms with Crippen LogP contribution in [0.25, 0.3) is 0 Å². The first-order chi connectivity index (χ1) is 11.5. The predicted molar refractivity (Wildman–Crippen MR) is 95.2 cm³/mol. The number of benzene rings is 1. The third-order valence-corrected chi connectivity index (χ3v) is 4.39. The lowest BCUT2D eigenvalue weighted by atomic mass is 10.2. The van der Waals surface area contributed by atoms with Crippen molar-refractivity contribution in [1.82, 2.24) is 15.4 Å². The van der Waals surface area contributed by atoms with Crippen LogP contribution in [0.2, 0.25) is 0 Å². The summed E-state index contributed by atoms with van der Waals surface area (Å²) in [6, 6.07) is 6.66. The van der Waals surface area contributed by atoms with Crippen LogP contribution in [0.4, 0.5) is 0 Å². The van der Waals surface area contributed by atoms with Gasteiger partial charge in [-0.2, -0.15) is 0 Å². The van der Waals surface area contributed by atoms with Gasteiger partial charge in [0.1, 0.15) is 0 Å². The summed E-state index contributed by atoms with van der Waals surface area (Å²) in [5, 5.41) is 6.04. The van der Waals surface area contributed by atoms with Crippen LogP contribution in [-0.4, -0.2) is 47.7 Å². The topological polar surface area (TPSA) is 91.8 Å². The number of nitrogens with one attached hydrogen (secondary N) is 3. The molecule has 0 atom stereocenters. The monoisotopic (exact) mass is 352 g/mol. The fourth-order valence-corrected chi connectivity index (χ4v) is 2.90. The molecule has 1 rings (SSSR count). The highest BCUT2D eigenvalue weighted by atomic mass is 32.2. The Morgan fingerprint density at radius 2 is 2.17 bits per heavy atom. The van der Waals surface area contributed by atoms with Gasteiger partial charge in [-0.3, -0.25) is 0 Å². The van der Waals surface area contributed by atoms with Crippen molar-refractivity contribution in [3.8, 4) is 12.3 Å². The molecule has 3 N–H and O–H groups in total. The van der Waals surface area contributed by atoms with E-state index in [1.165, 1.54) is 7.11 Å². The lowest BCUT2D eigenvalue weighted by Crippen LogP contribution is -2.37. The molecule has 24 heavy (non-hydrogen) atoms. The van der Waals surface area contributed by atoms with E-state index in [0.29, 0.717) is 32.2 Å². The standard InChI is InChI=1S/C16H24N4O3S/c1-4-9-18-16(17-5-2)19-13-14-7-6-8-15(12-14)24(21,22)20-10-11-23-3/h1,6-8,12,20H,5,9-11,13H2,2-3H3,(H2,17,18,19). The molecule has 0 amide bonds. The average molecular weight is 352 g/mol. The maximum absolute atomic E-state index is 12.2. The Kier molecular flexibility index (Phi) is 8.86. The molecule has 132 valence electrons. The van der Waals surface area contributed by atoms with E-state index in [2.05, 4.69) is 26.3 Å². The molecular formula is C16H24N4O3S. The molecule has 0 fully saturated rings. The molecule has 0 radical (unpaired) electrons. The molecule has 0 heterocycles. The van der Waals surface area contributed by atoms with E-state index in [4.69, 9.17) is 11.2 Å². The van der Waals surface area contributed by atoms with E-state index < -0.39 is 10.0 Å². The van der Waals surface area contributed by atoms with Crippen molar-refractivity contribution in [2.24, 2.45) is 4.99 Å². The number of terminal acetylenes is 1. The summed E-state index contributed by atoms with van der Waals surface area (Å²) in [5.74, 6) is 3.06. The molecule has 0 aliphatic heterocycles. The predicted octanol–water partition coefficient (Wildman–Crippen LogP) is 0.300. The van der Waals surface area contributed by atoms with E-state index in [1.807, 2.05) is 13.0 Å². The number of methoxy groups -OCH3 is 1. The highest BCUT2D eigenvalue weighted by molar-refractivity contribution is 7.89. The van der Waals surface area contributed by atoms with Crippen LogP contribution in [-0.2, 0) is 21.3 Å². The minimum Gasteiger partial charge on any atom is -0.383 e. The molecule has 0 saturated carbocycles. The van der Waals surface area contributed by atoms with Gasteiger partial charge < -0.3 is 15.4 Å². The van der Waals surface area contributed by atoms with Gasteiger partial charge in [-0.15, -0.1) is 6.42 Å². The zero-order valence-corrected chi connectivity index (χ0v) is 14.8. The molecule has 8 heteroatoms. The minimum atomic E-state index is -3.55. The van der Waals surface area contributed by atoms with E-state index in [-0.39, 0.29) is 11.4 Å². The van der Waals surface area contributed by atoms with Crippen LogP contribution in [0, 0.1) is 12.3 Å². The van der Waals surface area contributed by atoms with Crippen LogP contribution in [0.15, 0.2) is 34.2 Å². The molecule has 0 spiro atoms. The molecular weight excluding hydrogens is 328 g/mol. The third-order valence-electron chi connectivity index (χ3n) is 2.93. The van der Waals surface area contributed by atoms with E-state index in [1.54, 1.807) is 18.2 Å².